The van der Waals surface area contributed by atoms with Crippen LogP contribution in [-0.2, 0) is 11.3 Å². The van der Waals surface area contributed by atoms with Crippen molar-refractivity contribution in [2.45, 2.75) is 39.8 Å². The van der Waals surface area contributed by atoms with Gasteiger partial charge in [0.1, 0.15) is 5.75 Å². The largest absolute Gasteiger partial charge is 0.484 e. The molecule has 4 aromatic rings. The fourth-order valence-corrected chi connectivity index (χ4v) is 5.47. The highest BCUT2D eigenvalue weighted by Gasteiger charge is 2.26. The van der Waals surface area contributed by atoms with Gasteiger partial charge in [0.15, 0.2) is 6.61 Å². The predicted molar refractivity (Wildman–Crippen MR) is 163 cm³/mol. The topological polar surface area (TPSA) is 66.0 Å². The molecule has 1 aliphatic rings. The van der Waals surface area contributed by atoms with Gasteiger partial charge in [-0.25, -0.2) is 0 Å². The van der Waals surface area contributed by atoms with Gasteiger partial charge >= 0.3 is 0 Å². The summed E-state index contributed by atoms with van der Waals surface area (Å²) in [7, 11) is 0. The van der Waals surface area contributed by atoms with E-state index in [1.165, 1.54) is 0 Å². The maximum Gasteiger partial charge on any atom is 0.264 e. The number of carbonyl (C=O) groups is 2. The SMILES string of the molecule is Cc1cccc2c1N(C(=O)COc1ccccc1)CCCN(C(C)C)CCN(C(=O)c1cnc3ccccc3c1)C2. The van der Waals surface area contributed by atoms with E-state index >= 15 is 0 Å². The van der Waals surface area contributed by atoms with Crippen LogP contribution in [0.4, 0.5) is 5.69 Å². The lowest BCUT2D eigenvalue weighted by atomic mass is 10.0. The highest BCUT2D eigenvalue weighted by Crippen LogP contribution is 2.29. The van der Waals surface area contributed by atoms with Gasteiger partial charge in [0.05, 0.1) is 16.8 Å². The molecule has 0 saturated carbocycles. The Balaban J connectivity index is 1.49. The minimum atomic E-state index is -0.101. The van der Waals surface area contributed by atoms with Crippen molar-refractivity contribution in [1.82, 2.24) is 14.8 Å². The van der Waals surface area contributed by atoms with Crippen LogP contribution in [0.5, 0.6) is 5.75 Å². The number of hydrogen-bond donors (Lipinski definition) is 0. The summed E-state index contributed by atoms with van der Waals surface area (Å²) in [4.78, 5) is 38.4. The van der Waals surface area contributed by atoms with Crippen LogP contribution >= 0.6 is 0 Å². The molecule has 0 saturated heterocycles. The summed E-state index contributed by atoms with van der Waals surface area (Å²) in [6.45, 7) is 9.41. The molecule has 7 heteroatoms. The average molecular weight is 551 g/mol. The highest BCUT2D eigenvalue weighted by atomic mass is 16.5. The van der Waals surface area contributed by atoms with Gasteiger partial charge in [-0.05, 0) is 62.6 Å². The van der Waals surface area contributed by atoms with E-state index in [1.54, 1.807) is 6.20 Å². The normalized spacial score (nSPS) is 14.9. The maximum atomic E-state index is 14.0. The Hall–Kier alpha value is -4.23. The number of anilines is 1. The highest BCUT2D eigenvalue weighted by molar-refractivity contribution is 5.98. The second-order valence-electron chi connectivity index (χ2n) is 10.9. The predicted octanol–water partition coefficient (Wildman–Crippen LogP) is 5.71. The van der Waals surface area contributed by atoms with Crippen molar-refractivity contribution in [1.29, 1.82) is 0 Å². The second-order valence-corrected chi connectivity index (χ2v) is 10.9. The number of benzene rings is 3. The molecule has 1 aromatic heterocycles. The number of fused-ring (bicyclic) bond motifs is 2. The molecule has 0 spiro atoms. The van der Waals surface area contributed by atoms with Crippen LogP contribution in [0.1, 0.15) is 41.8 Å². The van der Waals surface area contributed by atoms with E-state index in [2.05, 4.69) is 23.7 Å². The number of amides is 2. The Bertz CT molecular complexity index is 1500. The summed E-state index contributed by atoms with van der Waals surface area (Å²) in [6, 6.07) is 25.5. The molecule has 0 atom stereocenters. The second kappa shape index (κ2) is 13.0. The number of aryl methyl sites for hydroxylation is 1. The Morgan fingerprint density at radius 2 is 1.68 bits per heavy atom. The molecule has 3 aromatic carbocycles. The molecule has 0 aliphatic carbocycles. The minimum Gasteiger partial charge on any atom is -0.484 e. The maximum absolute atomic E-state index is 14.0. The van der Waals surface area contributed by atoms with Crippen LogP contribution in [0, 0.1) is 6.92 Å². The van der Waals surface area contributed by atoms with Gasteiger partial charge in [0.2, 0.25) is 0 Å². The first-order chi connectivity index (χ1) is 19.9. The Morgan fingerprint density at radius 3 is 2.49 bits per heavy atom. The van der Waals surface area contributed by atoms with Gasteiger partial charge in [0, 0.05) is 50.3 Å². The van der Waals surface area contributed by atoms with Crippen LogP contribution in [-0.4, -0.2) is 65.4 Å². The fourth-order valence-electron chi connectivity index (χ4n) is 5.47. The summed E-state index contributed by atoms with van der Waals surface area (Å²) in [5.41, 5.74) is 4.23. The number of rotatable bonds is 5. The Labute approximate surface area is 242 Å². The van der Waals surface area contributed by atoms with Gasteiger partial charge in [-0.3, -0.25) is 19.5 Å². The Morgan fingerprint density at radius 1 is 0.902 bits per heavy atom. The van der Waals surface area contributed by atoms with Crippen LogP contribution in [0.3, 0.4) is 0 Å². The molecule has 2 heterocycles. The molecule has 1 aliphatic heterocycles. The summed E-state index contributed by atoms with van der Waals surface area (Å²) in [5.74, 6) is 0.496. The van der Waals surface area contributed by atoms with E-state index in [-0.39, 0.29) is 18.4 Å². The minimum absolute atomic E-state index is 0.0584. The number of pyridine rings is 1. The van der Waals surface area contributed by atoms with Crippen molar-refractivity contribution in [2.75, 3.05) is 37.7 Å². The van der Waals surface area contributed by atoms with Crippen LogP contribution in [0.25, 0.3) is 10.9 Å². The quantitative estimate of drug-likeness (QED) is 0.318. The first kappa shape index (κ1) is 28.3. The number of para-hydroxylation sites is 3. The van der Waals surface area contributed by atoms with E-state index in [9.17, 15) is 9.59 Å². The zero-order valence-electron chi connectivity index (χ0n) is 24.1. The molecule has 212 valence electrons. The molecular formula is C34H38N4O3. The smallest absolute Gasteiger partial charge is 0.264 e. The van der Waals surface area contributed by atoms with Gasteiger partial charge in [-0.2, -0.15) is 0 Å². The van der Waals surface area contributed by atoms with E-state index in [1.807, 2.05) is 95.6 Å². The molecule has 0 fully saturated rings. The third kappa shape index (κ3) is 6.74. The first-order valence-electron chi connectivity index (χ1n) is 14.4. The molecule has 0 bridgehead atoms. The number of carbonyl (C=O) groups excluding carboxylic acids is 2. The molecule has 0 radical (unpaired) electrons. The lowest BCUT2D eigenvalue weighted by Gasteiger charge is -2.30. The number of hydrogen-bond acceptors (Lipinski definition) is 5. The van der Waals surface area contributed by atoms with Crippen molar-refractivity contribution in [3.63, 3.8) is 0 Å². The monoisotopic (exact) mass is 550 g/mol. The zero-order chi connectivity index (χ0) is 28.8. The van der Waals surface area contributed by atoms with Gasteiger partial charge < -0.3 is 14.5 Å². The van der Waals surface area contributed by atoms with Crippen molar-refractivity contribution in [3.8, 4) is 5.75 Å². The van der Waals surface area contributed by atoms with Crippen molar-refractivity contribution < 1.29 is 14.3 Å². The molecule has 0 N–H and O–H groups in total. The summed E-state index contributed by atoms with van der Waals surface area (Å²) in [5, 5.41) is 0.937. The van der Waals surface area contributed by atoms with Gasteiger partial charge in [-0.15, -0.1) is 0 Å². The van der Waals surface area contributed by atoms with Crippen molar-refractivity contribution >= 4 is 28.4 Å². The first-order valence-corrected chi connectivity index (χ1v) is 14.4. The summed E-state index contributed by atoms with van der Waals surface area (Å²) >= 11 is 0. The lowest BCUT2D eigenvalue weighted by molar-refractivity contribution is -0.120. The molecule has 5 rings (SSSR count). The van der Waals surface area contributed by atoms with Crippen LogP contribution in [0.15, 0.2) is 85.1 Å². The number of nitrogens with zero attached hydrogens (tertiary/aromatic N) is 4. The van der Waals surface area contributed by atoms with Crippen LogP contribution in [0.2, 0.25) is 0 Å². The molecule has 0 unspecified atom stereocenters. The van der Waals surface area contributed by atoms with Gasteiger partial charge in [-0.1, -0.05) is 54.6 Å². The third-order valence-electron chi connectivity index (χ3n) is 7.70. The Kier molecular flexibility index (Phi) is 8.95. The fraction of sp³-hybridized carbons (Fsp3) is 0.324. The lowest BCUT2D eigenvalue weighted by Crippen LogP contribution is -2.41. The van der Waals surface area contributed by atoms with E-state index < -0.39 is 0 Å². The van der Waals surface area contributed by atoms with E-state index in [0.29, 0.717) is 37.0 Å². The third-order valence-corrected chi connectivity index (χ3v) is 7.70. The van der Waals surface area contributed by atoms with Crippen LogP contribution < -0.4 is 9.64 Å². The zero-order valence-corrected chi connectivity index (χ0v) is 24.1. The molecule has 7 nitrogen and oxygen atoms in total. The summed E-state index contributed by atoms with van der Waals surface area (Å²) in [6.07, 6.45) is 2.48. The van der Waals surface area contributed by atoms with Gasteiger partial charge in [0.25, 0.3) is 11.8 Å². The average Bonchev–Trinajstić information content (AvgIpc) is 3.03. The number of ether oxygens (including phenoxy) is 1. The molecule has 2 amide bonds. The van der Waals surface area contributed by atoms with Crippen molar-refractivity contribution in [2.24, 2.45) is 0 Å². The molecule has 41 heavy (non-hydrogen) atoms. The van der Waals surface area contributed by atoms with E-state index in [4.69, 9.17) is 4.74 Å². The molecular weight excluding hydrogens is 512 g/mol. The summed E-state index contributed by atoms with van der Waals surface area (Å²) < 4.78 is 5.87. The van der Waals surface area contributed by atoms with E-state index in [0.717, 1.165) is 47.2 Å². The number of aromatic nitrogens is 1. The van der Waals surface area contributed by atoms with Crippen molar-refractivity contribution in [3.05, 3.63) is 102 Å². The standard InChI is InChI=1S/C34H38N4O3/c1-25(2)36-17-10-18-38(32(39)24-41-30-14-5-4-6-15-30)33-26(3)11-9-13-28(33)23-37(20-19-36)34(40)29-21-27-12-7-8-16-31(27)35-22-29/h4-9,11-16,21-22,25H,10,17-20,23-24H2,1-3H3.